The molecule has 3 aromatic rings. The molecule has 0 aromatic heterocycles. The van der Waals surface area contributed by atoms with Crippen LogP contribution in [0.25, 0.3) is 0 Å². The maximum absolute atomic E-state index is 13.7. The van der Waals surface area contributed by atoms with Crippen LogP contribution in [0.4, 0.5) is 0 Å². The Morgan fingerprint density at radius 1 is 0.941 bits per heavy atom. The van der Waals surface area contributed by atoms with Gasteiger partial charge in [0.15, 0.2) is 11.5 Å². The fourth-order valence-corrected chi connectivity index (χ4v) is 5.53. The lowest BCUT2D eigenvalue weighted by molar-refractivity contribution is 0.319. The molecule has 1 unspecified atom stereocenters. The first-order valence-corrected chi connectivity index (χ1v) is 12.3. The summed E-state index contributed by atoms with van der Waals surface area (Å²) in [7, 11) is 0.576. The summed E-state index contributed by atoms with van der Waals surface area (Å²) in [5, 5.41) is 5.05. The molecule has 0 fully saturated rings. The van der Waals surface area contributed by atoms with Gasteiger partial charge in [-0.2, -0.15) is 17.9 Å². The third kappa shape index (κ3) is 4.43. The second kappa shape index (κ2) is 9.56. The highest BCUT2D eigenvalue weighted by Gasteiger charge is 2.38. The molecular weight excluding hydrogens is 476 g/mol. The number of hydrogen-bond acceptors (Lipinski definition) is 6. The summed E-state index contributed by atoms with van der Waals surface area (Å²) in [6.07, 6.45) is 0.370. The Labute approximate surface area is 204 Å². The van der Waals surface area contributed by atoms with Gasteiger partial charge in [0.1, 0.15) is 0 Å². The maximum atomic E-state index is 13.7. The quantitative estimate of drug-likeness (QED) is 0.445. The maximum Gasteiger partial charge on any atom is 0.279 e. The fraction of sp³-hybridized carbons (Fsp3) is 0.240. The number of rotatable bonds is 7. The number of hydrazone groups is 1. The zero-order valence-corrected chi connectivity index (χ0v) is 20.9. The molecular formula is C25H25ClN2O5S. The minimum absolute atomic E-state index is 0.101. The summed E-state index contributed by atoms with van der Waals surface area (Å²) in [6.45, 7) is 1.98. The summed E-state index contributed by atoms with van der Waals surface area (Å²) < 4.78 is 45.0. The number of hydrogen-bond donors (Lipinski definition) is 0. The number of nitrogens with zero attached hydrogens (tertiary/aromatic N) is 2. The molecule has 1 atom stereocenters. The number of halogens is 1. The lowest BCUT2D eigenvalue weighted by atomic mass is 9.97. The Bertz CT molecular complexity index is 1310. The van der Waals surface area contributed by atoms with E-state index in [1.807, 2.05) is 31.2 Å². The van der Waals surface area contributed by atoms with Gasteiger partial charge in [-0.15, -0.1) is 0 Å². The van der Waals surface area contributed by atoms with Crippen molar-refractivity contribution in [1.82, 2.24) is 4.41 Å². The van der Waals surface area contributed by atoms with E-state index in [4.69, 9.17) is 25.8 Å². The van der Waals surface area contributed by atoms with Gasteiger partial charge in [0.05, 0.1) is 38.0 Å². The van der Waals surface area contributed by atoms with Gasteiger partial charge in [0.25, 0.3) is 10.0 Å². The Morgan fingerprint density at radius 3 is 2.15 bits per heavy atom. The highest BCUT2D eigenvalue weighted by Crippen LogP contribution is 2.44. The molecule has 0 saturated carbocycles. The molecule has 0 aliphatic carbocycles. The number of benzene rings is 3. The van der Waals surface area contributed by atoms with E-state index in [9.17, 15) is 8.42 Å². The van der Waals surface area contributed by atoms with Crippen LogP contribution in [0.2, 0.25) is 5.02 Å². The standard InChI is InChI=1S/C25H25ClN2O5S/c1-16-6-5-7-17(12-16)21-15-22(18-13-23(31-2)25(33-4)24(14-18)32-3)28(27-21)34(29,30)20-10-8-19(26)9-11-20/h5-14,22H,15H2,1-4H3. The molecule has 0 N–H and O–H groups in total. The summed E-state index contributed by atoms with van der Waals surface area (Å²) in [6, 6.07) is 16.8. The van der Waals surface area contributed by atoms with E-state index in [1.54, 1.807) is 24.3 Å². The Kier molecular flexibility index (Phi) is 6.72. The van der Waals surface area contributed by atoms with Crippen LogP contribution in [0, 0.1) is 6.92 Å². The van der Waals surface area contributed by atoms with E-state index in [1.165, 1.54) is 33.5 Å². The van der Waals surface area contributed by atoms with Crippen LogP contribution in [-0.4, -0.2) is 39.9 Å². The summed E-state index contributed by atoms with van der Waals surface area (Å²) in [4.78, 5) is 0.101. The summed E-state index contributed by atoms with van der Waals surface area (Å²) >= 11 is 5.98. The van der Waals surface area contributed by atoms with Gasteiger partial charge in [-0.05, 0) is 54.4 Å². The second-order valence-corrected chi connectivity index (χ2v) is 10.1. The van der Waals surface area contributed by atoms with Crippen molar-refractivity contribution in [2.75, 3.05) is 21.3 Å². The SMILES string of the molecule is COc1cc(C2CC(c3cccc(C)c3)=NN2S(=O)(=O)c2ccc(Cl)cc2)cc(OC)c1OC. The number of methoxy groups -OCH3 is 3. The van der Waals surface area contributed by atoms with Crippen molar-refractivity contribution in [2.45, 2.75) is 24.3 Å². The lowest BCUT2D eigenvalue weighted by Gasteiger charge is -2.25. The molecule has 0 spiro atoms. The lowest BCUT2D eigenvalue weighted by Crippen LogP contribution is -2.27. The van der Waals surface area contributed by atoms with Crippen molar-refractivity contribution in [1.29, 1.82) is 0 Å². The highest BCUT2D eigenvalue weighted by molar-refractivity contribution is 7.89. The van der Waals surface area contributed by atoms with Crippen LogP contribution in [0.3, 0.4) is 0 Å². The van der Waals surface area contributed by atoms with Crippen molar-refractivity contribution in [3.05, 3.63) is 82.4 Å². The van der Waals surface area contributed by atoms with Crippen molar-refractivity contribution in [3.63, 3.8) is 0 Å². The van der Waals surface area contributed by atoms with Crippen LogP contribution in [0.5, 0.6) is 17.2 Å². The molecule has 0 amide bonds. The van der Waals surface area contributed by atoms with Crippen LogP contribution in [0.15, 0.2) is 70.7 Å². The average Bonchev–Trinajstić information content (AvgIpc) is 3.30. The Hall–Kier alpha value is -3.23. The minimum atomic E-state index is -3.98. The molecule has 7 nitrogen and oxygen atoms in total. The van der Waals surface area contributed by atoms with Crippen LogP contribution in [-0.2, 0) is 10.0 Å². The van der Waals surface area contributed by atoms with Crippen molar-refractivity contribution < 1.29 is 22.6 Å². The van der Waals surface area contributed by atoms with E-state index >= 15 is 0 Å². The largest absolute Gasteiger partial charge is 0.493 e. The zero-order chi connectivity index (χ0) is 24.5. The van der Waals surface area contributed by atoms with Gasteiger partial charge in [0.2, 0.25) is 5.75 Å². The van der Waals surface area contributed by atoms with Gasteiger partial charge >= 0.3 is 0 Å². The predicted molar refractivity (Wildman–Crippen MR) is 132 cm³/mol. The van der Waals surface area contributed by atoms with Crippen LogP contribution >= 0.6 is 11.6 Å². The molecule has 34 heavy (non-hydrogen) atoms. The molecule has 3 aromatic carbocycles. The van der Waals surface area contributed by atoms with Crippen LogP contribution in [0.1, 0.15) is 29.2 Å². The highest BCUT2D eigenvalue weighted by atomic mass is 35.5. The Balaban J connectivity index is 1.86. The first kappa shape index (κ1) is 23.9. The molecule has 0 radical (unpaired) electrons. The van der Waals surface area contributed by atoms with E-state index in [0.29, 0.717) is 40.0 Å². The number of sulfonamides is 1. The van der Waals surface area contributed by atoms with Crippen LogP contribution < -0.4 is 14.2 Å². The minimum Gasteiger partial charge on any atom is -0.493 e. The topological polar surface area (TPSA) is 77.4 Å². The summed E-state index contributed by atoms with van der Waals surface area (Å²) in [5.41, 5.74) is 3.26. The molecule has 1 aliphatic rings. The molecule has 0 saturated heterocycles. The predicted octanol–water partition coefficient (Wildman–Crippen LogP) is 5.21. The third-order valence-electron chi connectivity index (χ3n) is 5.65. The molecule has 4 rings (SSSR count). The first-order chi connectivity index (χ1) is 16.3. The molecule has 178 valence electrons. The van der Waals surface area contributed by atoms with E-state index in [-0.39, 0.29) is 4.90 Å². The average molecular weight is 501 g/mol. The van der Waals surface area contributed by atoms with Gasteiger partial charge in [-0.3, -0.25) is 0 Å². The number of ether oxygens (including phenoxy) is 3. The van der Waals surface area contributed by atoms with Gasteiger partial charge in [-0.1, -0.05) is 41.4 Å². The summed E-state index contributed by atoms with van der Waals surface area (Å²) in [5.74, 6) is 1.30. The van der Waals surface area contributed by atoms with Gasteiger partial charge in [-0.25, -0.2) is 0 Å². The first-order valence-electron chi connectivity index (χ1n) is 10.5. The molecule has 0 bridgehead atoms. The third-order valence-corrected chi connectivity index (χ3v) is 7.60. The van der Waals surface area contributed by atoms with E-state index in [2.05, 4.69) is 5.10 Å². The van der Waals surface area contributed by atoms with Crippen molar-refractivity contribution in [2.24, 2.45) is 5.10 Å². The number of aryl methyl sites for hydroxylation is 1. The fourth-order valence-electron chi connectivity index (χ4n) is 3.97. The normalized spacial score (nSPS) is 15.7. The van der Waals surface area contributed by atoms with E-state index in [0.717, 1.165) is 15.5 Å². The zero-order valence-electron chi connectivity index (χ0n) is 19.3. The molecule has 9 heteroatoms. The monoisotopic (exact) mass is 500 g/mol. The Morgan fingerprint density at radius 2 is 1.59 bits per heavy atom. The smallest absolute Gasteiger partial charge is 0.279 e. The van der Waals surface area contributed by atoms with Gasteiger partial charge < -0.3 is 14.2 Å². The molecule has 1 aliphatic heterocycles. The molecule has 1 heterocycles. The van der Waals surface area contributed by atoms with Crippen molar-refractivity contribution >= 4 is 27.3 Å². The van der Waals surface area contributed by atoms with Crippen molar-refractivity contribution in [3.8, 4) is 17.2 Å². The second-order valence-electron chi connectivity index (χ2n) is 7.83. The van der Waals surface area contributed by atoms with Gasteiger partial charge in [0, 0.05) is 11.4 Å². The van der Waals surface area contributed by atoms with E-state index < -0.39 is 16.1 Å².